The van der Waals surface area contributed by atoms with E-state index in [1.165, 1.54) is 23.0 Å². The summed E-state index contributed by atoms with van der Waals surface area (Å²) in [5.41, 5.74) is 0.243. The van der Waals surface area contributed by atoms with E-state index in [0.29, 0.717) is 52.8 Å². The minimum Gasteiger partial charge on any atom is -0.351 e. The number of nitriles is 1. The van der Waals surface area contributed by atoms with E-state index in [9.17, 15) is 32.8 Å². The van der Waals surface area contributed by atoms with Crippen molar-refractivity contribution in [3.8, 4) is 28.8 Å². The molecule has 1 aliphatic rings. The Labute approximate surface area is 289 Å². The molecular weight excluding hydrogens is 647 g/mol. The number of alkyl halides is 3. The van der Waals surface area contributed by atoms with E-state index < -0.39 is 23.3 Å². The van der Waals surface area contributed by atoms with Crippen molar-refractivity contribution in [2.45, 2.75) is 58.0 Å². The van der Waals surface area contributed by atoms with Crippen LogP contribution >= 0.6 is 0 Å². The third-order valence-corrected chi connectivity index (χ3v) is 9.27. The molecule has 2 aromatic heterocycles. The maximum atomic E-state index is 14.1. The predicted octanol–water partition coefficient (Wildman–Crippen LogP) is 6.13. The summed E-state index contributed by atoms with van der Waals surface area (Å²) < 4.78 is 45.3. The topological polar surface area (TPSA) is 115 Å². The van der Waals surface area contributed by atoms with E-state index in [1.54, 1.807) is 37.3 Å². The molecule has 10 nitrogen and oxygen atoms in total. The van der Waals surface area contributed by atoms with Gasteiger partial charge in [-0.2, -0.15) is 23.5 Å². The van der Waals surface area contributed by atoms with Crippen molar-refractivity contribution < 1.29 is 27.2 Å². The number of benzene rings is 2. The Morgan fingerprint density at radius 2 is 1.68 bits per heavy atom. The minimum atomic E-state index is -4.62. The van der Waals surface area contributed by atoms with Crippen molar-refractivity contribution in [1.29, 1.82) is 5.26 Å². The van der Waals surface area contributed by atoms with Gasteiger partial charge >= 0.3 is 11.9 Å². The van der Waals surface area contributed by atoms with Crippen molar-refractivity contribution >= 4 is 11.8 Å². The van der Waals surface area contributed by atoms with Gasteiger partial charge in [-0.1, -0.05) is 18.9 Å². The average Bonchev–Trinajstić information content (AvgIpc) is 3.64. The first-order valence-electron chi connectivity index (χ1n) is 16.8. The molecule has 0 saturated heterocycles. The van der Waals surface area contributed by atoms with Gasteiger partial charge in [-0.05, 0) is 93.0 Å². The number of hydrogen-bond acceptors (Lipinski definition) is 5. The zero-order valence-corrected chi connectivity index (χ0v) is 28.8. The first-order chi connectivity index (χ1) is 23.7. The number of aromatic nitrogens is 4. The number of amides is 1. The SMILES string of the molecule is Cc1c(-c2ccnn2-c2ccc(C#N)cc2)n(C(=O)CCC[C@H]2CC[C@H](CNC(=O)C[N+](C)(C)C)CC2)c(=O)n1-c1cccc(C(F)(F)F)c1. The molecule has 2 aromatic carbocycles. The molecule has 1 saturated carbocycles. The lowest BCUT2D eigenvalue weighted by Gasteiger charge is -2.29. The second-order valence-corrected chi connectivity index (χ2v) is 14.1. The highest BCUT2D eigenvalue weighted by Crippen LogP contribution is 2.34. The summed E-state index contributed by atoms with van der Waals surface area (Å²) in [4.78, 5) is 40.2. The van der Waals surface area contributed by atoms with E-state index in [2.05, 4.69) is 16.5 Å². The number of carbonyl (C=O) groups is 2. The van der Waals surface area contributed by atoms with Gasteiger partial charge in [-0.25, -0.2) is 14.0 Å². The Kier molecular flexibility index (Phi) is 10.8. The van der Waals surface area contributed by atoms with Crippen LogP contribution < -0.4 is 11.0 Å². The summed E-state index contributed by atoms with van der Waals surface area (Å²) in [5.74, 6) is 0.432. The van der Waals surface area contributed by atoms with E-state index in [1.807, 2.05) is 21.1 Å². The van der Waals surface area contributed by atoms with Crippen LogP contribution in [0.25, 0.3) is 22.8 Å². The lowest BCUT2D eigenvalue weighted by Crippen LogP contribution is -2.45. The van der Waals surface area contributed by atoms with Crippen LogP contribution in [-0.2, 0) is 11.0 Å². The highest BCUT2D eigenvalue weighted by molar-refractivity contribution is 5.84. The van der Waals surface area contributed by atoms with Crippen molar-refractivity contribution in [2.75, 3.05) is 34.2 Å². The first kappa shape index (κ1) is 36.3. The van der Waals surface area contributed by atoms with E-state index in [4.69, 9.17) is 0 Å². The normalized spacial score (nSPS) is 16.6. The molecule has 13 heteroatoms. The van der Waals surface area contributed by atoms with Crippen molar-refractivity contribution in [1.82, 2.24) is 24.2 Å². The molecule has 50 heavy (non-hydrogen) atoms. The molecule has 264 valence electrons. The van der Waals surface area contributed by atoms with Gasteiger partial charge in [-0.3, -0.25) is 14.2 Å². The van der Waals surface area contributed by atoms with Crippen LogP contribution in [0.15, 0.2) is 65.6 Å². The second kappa shape index (κ2) is 14.9. The number of rotatable bonds is 11. The van der Waals surface area contributed by atoms with Gasteiger partial charge in [0, 0.05) is 13.0 Å². The maximum Gasteiger partial charge on any atom is 0.416 e. The minimum absolute atomic E-state index is 0.00927. The van der Waals surface area contributed by atoms with Crippen LogP contribution in [0.4, 0.5) is 13.2 Å². The van der Waals surface area contributed by atoms with Gasteiger partial charge in [0.15, 0.2) is 6.54 Å². The quantitative estimate of drug-likeness (QED) is 0.190. The largest absolute Gasteiger partial charge is 0.416 e. The lowest BCUT2D eigenvalue weighted by atomic mass is 9.80. The Bertz CT molecular complexity index is 1930. The molecule has 1 aliphatic carbocycles. The molecule has 5 rings (SSSR count). The number of imidazole rings is 1. The Morgan fingerprint density at radius 3 is 2.32 bits per heavy atom. The first-order valence-corrected chi connectivity index (χ1v) is 16.8. The molecule has 0 atom stereocenters. The zero-order chi connectivity index (χ0) is 36.2. The summed E-state index contributed by atoms with van der Waals surface area (Å²) in [6.07, 6.45) is 2.27. The molecule has 0 aliphatic heterocycles. The van der Waals surface area contributed by atoms with Gasteiger partial charge in [0.1, 0.15) is 0 Å². The third-order valence-electron chi connectivity index (χ3n) is 9.27. The van der Waals surface area contributed by atoms with Crippen LogP contribution in [0.5, 0.6) is 0 Å². The van der Waals surface area contributed by atoms with E-state index in [-0.39, 0.29) is 29.4 Å². The van der Waals surface area contributed by atoms with Crippen molar-refractivity contribution in [2.24, 2.45) is 11.8 Å². The fourth-order valence-electron chi connectivity index (χ4n) is 6.75. The summed E-state index contributed by atoms with van der Waals surface area (Å²) in [7, 11) is 5.94. The van der Waals surface area contributed by atoms with E-state index >= 15 is 0 Å². The van der Waals surface area contributed by atoms with Gasteiger partial charge in [0.2, 0.25) is 5.91 Å². The number of nitrogens with one attached hydrogen (secondary N) is 1. The average molecular weight is 691 g/mol. The zero-order valence-electron chi connectivity index (χ0n) is 28.8. The monoisotopic (exact) mass is 690 g/mol. The molecule has 0 bridgehead atoms. The molecule has 2 heterocycles. The molecule has 0 radical (unpaired) electrons. The number of likely N-dealkylation sites (N-methyl/N-ethyl adjacent to an activating group) is 1. The fourth-order valence-corrected chi connectivity index (χ4v) is 6.75. The highest BCUT2D eigenvalue weighted by Gasteiger charge is 2.32. The number of hydrogen-bond donors (Lipinski definition) is 1. The predicted molar refractivity (Wildman–Crippen MR) is 183 cm³/mol. The molecule has 1 N–H and O–H groups in total. The standard InChI is InChI=1S/C37H42F3N7O3/c1-25-35(32-19-20-43-46(32)30-17-15-27(22-41)16-18-30)45(36(50)44(25)31-9-6-8-29(21-31)37(38,39)40)34(49)10-5-7-26-11-13-28(14-12-26)23-42-33(48)24-47(2,3)4/h6,8-9,15-21,26,28H,5,7,10-14,23-24H2,1-4H3/p+1/t26-,28-. The molecule has 1 amide bonds. The van der Waals surface area contributed by atoms with Crippen LogP contribution in [0, 0.1) is 30.1 Å². The molecule has 1 fully saturated rings. The Balaban J connectivity index is 1.36. The summed E-state index contributed by atoms with van der Waals surface area (Å²) in [6, 6.07) is 14.8. The van der Waals surface area contributed by atoms with Gasteiger partial charge < -0.3 is 9.80 Å². The van der Waals surface area contributed by atoms with Crippen LogP contribution in [0.1, 0.15) is 66.6 Å². The Hall–Kier alpha value is -4.96. The number of halogens is 3. The third kappa shape index (κ3) is 8.42. The highest BCUT2D eigenvalue weighted by atomic mass is 19.4. The van der Waals surface area contributed by atoms with Crippen LogP contribution in [-0.4, -0.2) is 69.4 Å². The molecular formula is C37H43F3N7O3+. The van der Waals surface area contributed by atoms with Gasteiger partial charge in [0.05, 0.1) is 73.0 Å². The van der Waals surface area contributed by atoms with Crippen molar-refractivity contribution in [3.05, 3.63) is 88.1 Å². The van der Waals surface area contributed by atoms with Crippen molar-refractivity contribution in [3.63, 3.8) is 0 Å². The smallest absolute Gasteiger partial charge is 0.351 e. The fraction of sp³-hybridized carbons (Fsp3) is 0.432. The van der Waals surface area contributed by atoms with Crippen LogP contribution in [0.2, 0.25) is 0 Å². The Morgan fingerprint density at radius 1 is 1.00 bits per heavy atom. The second-order valence-electron chi connectivity index (χ2n) is 14.1. The number of nitrogens with zero attached hydrogens (tertiary/aromatic N) is 6. The summed E-state index contributed by atoms with van der Waals surface area (Å²) in [5, 5.41) is 16.7. The summed E-state index contributed by atoms with van der Waals surface area (Å²) in [6.45, 7) is 2.69. The van der Waals surface area contributed by atoms with Gasteiger partial charge in [0.25, 0.3) is 5.91 Å². The van der Waals surface area contributed by atoms with Gasteiger partial charge in [-0.15, -0.1) is 0 Å². The van der Waals surface area contributed by atoms with Crippen LogP contribution in [0.3, 0.4) is 0 Å². The number of quaternary nitrogens is 1. The molecule has 4 aromatic rings. The lowest BCUT2D eigenvalue weighted by molar-refractivity contribution is -0.862. The van der Waals surface area contributed by atoms with E-state index in [0.717, 1.165) is 53.4 Å². The maximum absolute atomic E-state index is 14.1. The molecule has 0 spiro atoms. The summed E-state index contributed by atoms with van der Waals surface area (Å²) >= 11 is 0. The number of carbonyl (C=O) groups excluding carboxylic acids is 2. The molecule has 0 unspecified atom stereocenters.